The van der Waals surface area contributed by atoms with Gasteiger partial charge in [-0.3, -0.25) is 4.79 Å². The topological polar surface area (TPSA) is 60.5 Å². The fourth-order valence-corrected chi connectivity index (χ4v) is 3.63. The number of benzene rings is 3. The van der Waals surface area contributed by atoms with Crippen LogP contribution in [0.4, 0.5) is 10.1 Å². The zero-order valence-electron chi connectivity index (χ0n) is 16.8. The van der Waals surface area contributed by atoms with Crippen LogP contribution in [0.25, 0.3) is 22.2 Å². The molecule has 0 saturated heterocycles. The van der Waals surface area contributed by atoms with E-state index in [2.05, 4.69) is 21.2 Å². The standard InChI is InChI=1S/C24H18BrFN2O3/c1-30-15-8-9-17(23(12-15)31-2)22-13-18(16-5-3-4-6-20(16)27-22)24(29)28-21-10-7-14(25)11-19(21)26/h3-13H,1-2H3,(H,28,29). The summed E-state index contributed by atoms with van der Waals surface area (Å²) in [6.07, 6.45) is 0. The lowest BCUT2D eigenvalue weighted by atomic mass is 10.0. The Balaban J connectivity index is 1.83. The van der Waals surface area contributed by atoms with E-state index in [-0.39, 0.29) is 5.69 Å². The van der Waals surface area contributed by atoms with Crippen LogP contribution in [-0.2, 0) is 0 Å². The van der Waals surface area contributed by atoms with Gasteiger partial charge in [0.15, 0.2) is 0 Å². The number of para-hydroxylation sites is 1. The van der Waals surface area contributed by atoms with Gasteiger partial charge in [-0.2, -0.15) is 0 Å². The fraction of sp³-hybridized carbons (Fsp3) is 0.0833. The van der Waals surface area contributed by atoms with Crippen molar-refractivity contribution in [3.8, 4) is 22.8 Å². The molecule has 0 spiro atoms. The molecule has 1 heterocycles. The summed E-state index contributed by atoms with van der Waals surface area (Å²) >= 11 is 3.22. The molecule has 0 atom stereocenters. The zero-order chi connectivity index (χ0) is 22.0. The summed E-state index contributed by atoms with van der Waals surface area (Å²) < 4.78 is 25.6. The predicted molar refractivity (Wildman–Crippen MR) is 122 cm³/mol. The molecule has 1 aromatic heterocycles. The van der Waals surface area contributed by atoms with Crippen molar-refractivity contribution < 1.29 is 18.7 Å². The molecule has 4 aromatic rings. The normalized spacial score (nSPS) is 10.7. The molecule has 0 unspecified atom stereocenters. The smallest absolute Gasteiger partial charge is 0.256 e. The molecule has 0 bridgehead atoms. The lowest BCUT2D eigenvalue weighted by molar-refractivity contribution is 0.102. The number of hydrogen-bond donors (Lipinski definition) is 1. The van der Waals surface area contributed by atoms with Crippen molar-refractivity contribution in [3.05, 3.63) is 82.6 Å². The van der Waals surface area contributed by atoms with E-state index in [9.17, 15) is 9.18 Å². The van der Waals surface area contributed by atoms with Crippen LogP contribution in [0.15, 0.2) is 71.2 Å². The molecule has 5 nitrogen and oxygen atoms in total. The van der Waals surface area contributed by atoms with Gasteiger partial charge in [0.1, 0.15) is 17.3 Å². The van der Waals surface area contributed by atoms with Crippen molar-refractivity contribution in [2.45, 2.75) is 0 Å². The van der Waals surface area contributed by atoms with Gasteiger partial charge in [-0.25, -0.2) is 9.37 Å². The van der Waals surface area contributed by atoms with E-state index in [1.54, 1.807) is 38.5 Å². The number of ether oxygens (including phenoxy) is 2. The van der Waals surface area contributed by atoms with Crippen LogP contribution in [0.2, 0.25) is 0 Å². The van der Waals surface area contributed by atoms with Gasteiger partial charge < -0.3 is 14.8 Å². The monoisotopic (exact) mass is 480 g/mol. The molecule has 156 valence electrons. The predicted octanol–water partition coefficient (Wildman–Crippen LogP) is 6.07. The minimum atomic E-state index is -0.530. The number of rotatable bonds is 5. The molecule has 0 radical (unpaired) electrons. The lowest BCUT2D eigenvalue weighted by Gasteiger charge is -2.13. The third kappa shape index (κ3) is 4.22. The summed E-state index contributed by atoms with van der Waals surface area (Å²) in [5, 5.41) is 3.32. The van der Waals surface area contributed by atoms with Crippen molar-refractivity contribution in [1.29, 1.82) is 0 Å². The van der Waals surface area contributed by atoms with Gasteiger partial charge in [0, 0.05) is 21.5 Å². The van der Waals surface area contributed by atoms with Gasteiger partial charge in [0.2, 0.25) is 0 Å². The second kappa shape index (κ2) is 8.73. The lowest BCUT2D eigenvalue weighted by Crippen LogP contribution is -2.14. The molecule has 1 amide bonds. The highest BCUT2D eigenvalue weighted by atomic mass is 79.9. The average Bonchev–Trinajstić information content (AvgIpc) is 2.79. The SMILES string of the molecule is COc1ccc(-c2cc(C(=O)Nc3ccc(Br)cc3F)c3ccccc3n2)c(OC)c1. The summed E-state index contributed by atoms with van der Waals surface area (Å²) in [4.78, 5) is 17.8. The van der Waals surface area contributed by atoms with Crippen molar-refractivity contribution in [1.82, 2.24) is 4.98 Å². The van der Waals surface area contributed by atoms with Crippen LogP contribution in [0, 0.1) is 5.82 Å². The van der Waals surface area contributed by atoms with Gasteiger partial charge in [0.25, 0.3) is 5.91 Å². The Morgan fingerprint density at radius 3 is 2.55 bits per heavy atom. The maximum Gasteiger partial charge on any atom is 0.256 e. The Morgan fingerprint density at radius 2 is 1.81 bits per heavy atom. The first-order valence-corrected chi connectivity index (χ1v) is 10.2. The van der Waals surface area contributed by atoms with Crippen LogP contribution in [-0.4, -0.2) is 25.1 Å². The molecule has 0 aliphatic rings. The Kier molecular flexibility index (Phi) is 5.86. The number of carbonyl (C=O) groups is 1. The number of hydrogen-bond acceptors (Lipinski definition) is 4. The van der Waals surface area contributed by atoms with Crippen LogP contribution in [0.1, 0.15) is 10.4 Å². The van der Waals surface area contributed by atoms with Gasteiger partial charge in [-0.05, 0) is 42.5 Å². The molecule has 0 aliphatic heterocycles. The Morgan fingerprint density at radius 1 is 1.00 bits per heavy atom. The Labute approximate surface area is 187 Å². The van der Waals surface area contributed by atoms with E-state index < -0.39 is 11.7 Å². The highest BCUT2D eigenvalue weighted by molar-refractivity contribution is 9.10. The number of nitrogens with zero attached hydrogens (tertiary/aromatic N) is 1. The molecule has 4 rings (SSSR count). The number of amides is 1. The minimum Gasteiger partial charge on any atom is -0.497 e. The highest BCUT2D eigenvalue weighted by Crippen LogP contribution is 2.34. The van der Waals surface area contributed by atoms with Gasteiger partial charge in [-0.1, -0.05) is 34.1 Å². The van der Waals surface area contributed by atoms with Crippen molar-refractivity contribution in [3.63, 3.8) is 0 Å². The Bertz CT molecular complexity index is 1290. The van der Waals surface area contributed by atoms with Crippen LogP contribution < -0.4 is 14.8 Å². The highest BCUT2D eigenvalue weighted by Gasteiger charge is 2.17. The fourth-order valence-electron chi connectivity index (χ4n) is 3.29. The van der Waals surface area contributed by atoms with E-state index in [0.29, 0.717) is 43.7 Å². The second-order valence-corrected chi connectivity index (χ2v) is 7.63. The number of anilines is 1. The molecule has 31 heavy (non-hydrogen) atoms. The van der Waals surface area contributed by atoms with E-state index in [1.165, 1.54) is 12.1 Å². The third-order valence-corrected chi connectivity index (χ3v) is 5.32. The quantitative estimate of drug-likeness (QED) is 0.376. The number of methoxy groups -OCH3 is 2. The molecule has 7 heteroatoms. The molecule has 3 aromatic carbocycles. The third-order valence-electron chi connectivity index (χ3n) is 4.82. The minimum absolute atomic E-state index is 0.0951. The van der Waals surface area contributed by atoms with Crippen LogP contribution in [0.5, 0.6) is 11.5 Å². The number of nitrogens with one attached hydrogen (secondary N) is 1. The van der Waals surface area contributed by atoms with Crippen LogP contribution in [0.3, 0.4) is 0 Å². The second-order valence-electron chi connectivity index (χ2n) is 6.72. The maximum absolute atomic E-state index is 14.3. The van der Waals surface area contributed by atoms with E-state index in [0.717, 1.165) is 0 Å². The van der Waals surface area contributed by atoms with Gasteiger partial charge in [0.05, 0.1) is 36.7 Å². The number of carbonyl (C=O) groups excluding carboxylic acids is 1. The number of aromatic nitrogens is 1. The molecular formula is C24H18BrFN2O3. The van der Waals surface area contributed by atoms with Gasteiger partial charge >= 0.3 is 0 Å². The summed E-state index contributed by atoms with van der Waals surface area (Å²) in [6, 6.07) is 18.8. The first kappa shape index (κ1) is 20.8. The maximum atomic E-state index is 14.3. The summed E-state index contributed by atoms with van der Waals surface area (Å²) in [7, 11) is 3.13. The van der Waals surface area contributed by atoms with Gasteiger partial charge in [-0.15, -0.1) is 0 Å². The van der Waals surface area contributed by atoms with Crippen molar-refractivity contribution in [2.24, 2.45) is 0 Å². The average molecular weight is 481 g/mol. The van der Waals surface area contributed by atoms with Crippen molar-refractivity contribution >= 4 is 38.4 Å². The molecule has 1 N–H and O–H groups in total. The molecular weight excluding hydrogens is 463 g/mol. The molecule has 0 saturated carbocycles. The first-order valence-electron chi connectivity index (χ1n) is 9.38. The van der Waals surface area contributed by atoms with Crippen molar-refractivity contribution in [2.75, 3.05) is 19.5 Å². The van der Waals surface area contributed by atoms with E-state index in [1.807, 2.05) is 30.3 Å². The summed E-state index contributed by atoms with van der Waals surface area (Å²) in [6.45, 7) is 0. The first-order chi connectivity index (χ1) is 15.0. The molecule has 0 fully saturated rings. The van der Waals surface area contributed by atoms with E-state index in [4.69, 9.17) is 14.5 Å². The summed E-state index contributed by atoms with van der Waals surface area (Å²) in [5.74, 6) is 0.240. The largest absolute Gasteiger partial charge is 0.497 e. The number of halogens is 2. The summed E-state index contributed by atoms with van der Waals surface area (Å²) in [5.41, 5.74) is 2.37. The van der Waals surface area contributed by atoms with Crippen LogP contribution >= 0.6 is 15.9 Å². The number of pyridine rings is 1. The molecule has 0 aliphatic carbocycles. The number of fused-ring (bicyclic) bond motifs is 1. The zero-order valence-corrected chi connectivity index (χ0v) is 18.4. The Hall–Kier alpha value is -3.45. The van der Waals surface area contributed by atoms with E-state index >= 15 is 0 Å².